The molecule has 0 spiro atoms. The summed E-state index contributed by atoms with van der Waals surface area (Å²) >= 11 is 1.60. The van der Waals surface area contributed by atoms with E-state index in [0.717, 1.165) is 0 Å². The molecule has 0 amide bonds. The highest BCUT2D eigenvalue weighted by atomic mass is 32.1. The van der Waals surface area contributed by atoms with Crippen LogP contribution in [-0.2, 0) is 0 Å². The minimum atomic E-state index is 0.620. The lowest BCUT2D eigenvalue weighted by molar-refractivity contribution is 0.674. The summed E-state index contributed by atoms with van der Waals surface area (Å²) in [6.45, 7) is 4.41. The molecule has 1 atom stereocenters. The monoisotopic (exact) mass is 170 g/mol. The predicted octanol–water partition coefficient (Wildman–Crippen LogP) is 2.63. The van der Waals surface area contributed by atoms with Crippen LogP contribution in [0.3, 0.4) is 0 Å². The largest absolute Gasteiger partial charge is 0.375 e. The number of hydrogen-bond donors (Lipinski definition) is 1. The minimum absolute atomic E-state index is 0.620. The van der Waals surface area contributed by atoms with Gasteiger partial charge in [0.1, 0.15) is 0 Å². The fourth-order valence-electron chi connectivity index (χ4n) is 1.10. The van der Waals surface area contributed by atoms with Crippen LogP contribution in [0.25, 0.3) is 0 Å². The quantitative estimate of drug-likeness (QED) is 0.757. The predicted molar refractivity (Wildman–Crippen MR) is 49.8 cm³/mol. The summed E-state index contributed by atoms with van der Waals surface area (Å²) in [4.78, 5) is 5.33. The maximum Gasteiger partial charge on any atom is 0.180 e. The Kier molecular flexibility index (Phi) is 2.88. The highest BCUT2D eigenvalue weighted by molar-refractivity contribution is 7.15. The van der Waals surface area contributed by atoms with Crippen LogP contribution in [0.5, 0.6) is 0 Å². The summed E-state index contributed by atoms with van der Waals surface area (Å²) in [6, 6.07) is 0. The Morgan fingerprint density at radius 3 is 2.91 bits per heavy atom. The molecule has 0 bridgehead atoms. The molecule has 0 radical (unpaired) electrons. The Morgan fingerprint density at radius 1 is 1.73 bits per heavy atom. The van der Waals surface area contributed by atoms with Crippen LogP contribution in [0.2, 0.25) is 0 Å². The number of thiazole rings is 1. The summed E-state index contributed by atoms with van der Waals surface area (Å²) in [7, 11) is 0. The minimum Gasteiger partial charge on any atom is -0.375 e. The number of nitrogens with two attached hydrogens (primary N) is 1. The summed E-state index contributed by atoms with van der Waals surface area (Å²) in [5.74, 6) is 0.620. The molecule has 1 aromatic heterocycles. The van der Waals surface area contributed by atoms with E-state index in [-0.39, 0.29) is 0 Å². The lowest BCUT2D eigenvalue weighted by Crippen LogP contribution is -1.87. The molecule has 0 aromatic carbocycles. The van der Waals surface area contributed by atoms with Gasteiger partial charge in [-0.25, -0.2) is 4.98 Å². The van der Waals surface area contributed by atoms with Gasteiger partial charge in [-0.2, -0.15) is 0 Å². The zero-order valence-corrected chi connectivity index (χ0v) is 7.82. The third-order valence-corrected chi connectivity index (χ3v) is 2.81. The first-order chi connectivity index (χ1) is 5.24. The van der Waals surface area contributed by atoms with Gasteiger partial charge < -0.3 is 5.73 Å². The lowest BCUT2D eigenvalue weighted by Gasteiger charge is -2.04. The molecule has 0 saturated carbocycles. The van der Waals surface area contributed by atoms with Gasteiger partial charge in [0.15, 0.2) is 5.13 Å². The van der Waals surface area contributed by atoms with Crippen LogP contribution in [0, 0.1) is 0 Å². The molecule has 0 aliphatic carbocycles. The Hall–Kier alpha value is -0.570. The molecule has 0 aliphatic heterocycles. The molecular formula is C8H14N2S. The van der Waals surface area contributed by atoms with Gasteiger partial charge in [-0.1, -0.05) is 20.3 Å². The SMILES string of the molecule is CCCC(C)c1cnc(N)s1. The van der Waals surface area contributed by atoms with Crippen molar-refractivity contribution >= 4 is 16.5 Å². The Balaban J connectivity index is 2.60. The van der Waals surface area contributed by atoms with Gasteiger partial charge in [0, 0.05) is 11.1 Å². The highest BCUT2D eigenvalue weighted by Gasteiger charge is 2.06. The van der Waals surface area contributed by atoms with Crippen molar-refractivity contribution in [2.24, 2.45) is 0 Å². The van der Waals surface area contributed by atoms with Crippen molar-refractivity contribution in [3.63, 3.8) is 0 Å². The molecule has 0 saturated heterocycles. The molecule has 0 fully saturated rings. The van der Waals surface area contributed by atoms with Crippen LogP contribution >= 0.6 is 11.3 Å². The number of aromatic nitrogens is 1. The van der Waals surface area contributed by atoms with E-state index in [1.165, 1.54) is 17.7 Å². The van der Waals surface area contributed by atoms with Crippen LogP contribution in [-0.4, -0.2) is 4.98 Å². The van der Waals surface area contributed by atoms with Crippen molar-refractivity contribution in [2.45, 2.75) is 32.6 Å². The topological polar surface area (TPSA) is 38.9 Å². The third-order valence-electron chi connectivity index (χ3n) is 1.75. The molecule has 62 valence electrons. The first-order valence-corrected chi connectivity index (χ1v) is 4.77. The van der Waals surface area contributed by atoms with Crippen LogP contribution < -0.4 is 5.73 Å². The number of nitrogen functional groups attached to an aromatic ring is 1. The summed E-state index contributed by atoms with van der Waals surface area (Å²) in [5.41, 5.74) is 5.52. The van der Waals surface area contributed by atoms with E-state index in [1.54, 1.807) is 11.3 Å². The van der Waals surface area contributed by atoms with Gasteiger partial charge in [-0.3, -0.25) is 0 Å². The molecule has 0 aliphatic rings. The van der Waals surface area contributed by atoms with E-state index in [4.69, 9.17) is 5.73 Å². The summed E-state index contributed by atoms with van der Waals surface area (Å²) in [5, 5.41) is 0.683. The second-order valence-corrected chi connectivity index (χ2v) is 3.88. The molecule has 11 heavy (non-hydrogen) atoms. The highest BCUT2D eigenvalue weighted by Crippen LogP contribution is 2.26. The zero-order chi connectivity index (χ0) is 8.27. The second-order valence-electron chi connectivity index (χ2n) is 2.79. The van der Waals surface area contributed by atoms with E-state index < -0.39 is 0 Å². The van der Waals surface area contributed by atoms with Crippen molar-refractivity contribution in [1.29, 1.82) is 0 Å². The van der Waals surface area contributed by atoms with E-state index in [2.05, 4.69) is 18.8 Å². The van der Waals surface area contributed by atoms with Crippen molar-refractivity contribution < 1.29 is 0 Å². The average Bonchev–Trinajstić information content (AvgIpc) is 2.36. The van der Waals surface area contributed by atoms with Gasteiger partial charge >= 0.3 is 0 Å². The van der Waals surface area contributed by atoms with E-state index in [1.807, 2.05) is 6.20 Å². The van der Waals surface area contributed by atoms with Gasteiger partial charge in [-0.05, 0) is 12.3 Å². The van der Waals surface area contributed by atoms with Crippen molar-refractivity contribution in [1.82, 2.24) is 4.98 Å². The lowest BCUT2D eigenvalue weighted by atomic mass is 10.1. The maximum absolute atomic E-state index is 5.52. The first kappa shape index (κ1) is 8.53. The standard InChI is InChI=1S/C8H14N2S/c1-3-4-6(2)7-5-10-8(9)11-7/h5-6H,3-4H2,1-2H3,(H2,9,10). The molecule has 3 heteroatoms. The molecule has 1 unspecified atom stereocenters. The maximum atomic E-state index is 5.52. The van der Waals surface area contributed by atoms with E-state index in [0.29, 0.717) is 11.0 Å². The third kappa shape index (κ3) is 2.19. The number of anilines is 1. The fraction of sp³-hybridized carbons (Fsp3) is 0.625. The molecule has 1 heterocycles. The van der Waals surface area contributed by atoms with E-state index in [9.17, 15) is 0 Å². The van der Waals surface area contributed by atoms with Crippen LogP contribution in [0.4, 0.5) is 5.13 Å². The number of nitrogens with zero attached hydrogens (tertiary/aromatic N) is 1. The number of hydrogen-bond acceptors (Lipinski definition) is 3. The smallest absolute Gasteiger partial charge is 0.180 e. The van der Waals surface area contributed by atoms with Gasteiger partial charge in [0.2, 0.25) is 0 Å². The van der Waals surface area contributed by atoms with Gasteiger partial charge in [0.05, 0.1) is 0 Å². The van der Waals surface area contributed by atoms with Crippen molar-refractivity contribution in [3.05, 3.63) is 11.1 Å². The molecule has 2 N–H and O–H groups in total. The van der Waals surface area contributed by atoms with E-state index >= 15 is 0 Å². The molecule has 2 nitrogen and oxygen atoms in total. The average molecular weight is 170 g/mol. The van der Waals surface area contributed by atoms with Crippen LogP contribution in [0.15, 0.2) is 6.20 Å². The fourth-order valence-corrected chi connectivity index (χ4v) is 1.88. The Bertz CT molecular complexity index is 220. The summed E-state index contributed by atoms with van der Waals surface area (Å²) < 4.78 is 0. The number of rotatable bonds is 3. The second kappa shape index (κ2) is 3.72. The van der Waals surface area contributed by atoms with Crippen LogP contribution in [0.1, 0.15) is 37.5 Å². The Morgan fingerprint density at radius 2 is 2.45 bits per heavy atom. The molecule has 1 aromatic rings. The van der Waals surface area contributed by atoms with Gasteiger partial charge in [0.25, 0.3) is 0 Å². The molecular weight excluding hydrogens is 156 g/mol. The van der Waals surface area contributed by atoms with Crippen molar-refractivity contribution in [3.8, 4) is 0 Å². The zero-order valence-electron chi connectivity index (χ0n) is 7.00. The van der Waals surface area contributed by atoms with Crippen molar-refractivity contribution in [2.75, 3.05) is 5.73 Å². The van der Waals surface area contributed by atoms with Gasteiger partial charge in [-0.15, -0.1) is 11.3 Å². The normalized spacial score (nSPS) is 13.3. The summed E-state index contributed by atoms with van der Waals surface area (Å²) in [6.07, 6.45) is 4.33. The Labute approximate surface area is 71.5 Å². The first-order valence-electron chi connectivity index (χ1n) is 3.95. The molecule has 1 rings (SSSR count).